The first-order valence-electron chi connectivity index (χ1n) is 11.7. The van der Waals surface area contributed by atoms with Crippen molar-refractivity contribution in [1.29, 1.82) is 0 Å². The van der Waals surface area contributed by atoms with Gasteiger partial charge in [0, 0.05) is 34.7 Å². The van der Waals surface area contributed by atoms with Crippen LogP contribution in [0.25, 0.3) is 11.3 Å². The highest BCUT2D eigenvalue weighted by atomic mass is 32.2. The summed E-state index contributed by atoms with van der Waals surface area (Å²) in [6.45, 7) is 6.02. The Balaban J connectivity index is 1.36. The number of anilines is 1. The maximum absolute atomic E-state index is 12.6. The SMILES string of the molecule is CCn1c(SCC(=O)Nc2nc(-c3ccc(C)c([N+](=O)[O-])c3)cs2)nnc1[C@@H](C)NC(=O)c1ccccc1. The highest BCUT2D eigenvalue weighted by Crippen LogP contribution is 2.29. The van der Waals surface area contributed by atoms with E-state index >= 15 is 0 Å². The lowest BCUT2D eigenvalue weighted by molar-refractivity contribution is -0.385. The Morgan fingerprint density at radius 3 is 2.66 bits per heavy atom. The summed E-state index contributed by atoms with van der Waals surface area (Å²) in [5.74, 6) is 0.189. The van der Waals surface area contributed by atoms with E-state index < -0.39 is 4.92 Å². The summed E-state index contributed by atoms with van der Waals surface area (Å²) < 4.78 is 1.86. The molecule has 38 heavy (non-hydrogen) atoms. The van der Waals surface area contributed by atoms with Crippen LogP contribution in [0, 0.1) is 17.0 Å². The monoisotopic (exact) mass is 551 g/mol. The number of nitro groups is 1. The van der Waals surface area contributed by atoms with Crippen LogP contribution in [0.15, 0.2) is 59.1 Å². The molecule has 4 aromatic rings. The predicted octanol–water partition coefficient (Wildman–Crippen LogP) is 4.86. The standard InChI is InChI=1S/C25H25N7O4S2/c1-4-31-22(16(3)26-23(34)17-8-6-5-7-9-17)29-30-25(31)38-14-21(33)28-24-27-19(13-37-24)18-11-10-15(2)20(12-18)32(35)36/h5-13,16H,4,14H2,1-3H3,(H,26,34)(H,27,28,33)/t16-/m1/s1. The van der Waals surface area contributed by atoms with Gasteiger partial charge in [-0.2, -0.15) is 0 Å². The van der Waals surface area contributed by atoms with Crippen molar-refractivity contribution in [3.63, 3.8) is 0 Å². The van der Waals surface area contributed by atoms with Crippen molar-refractivity contribution in [3.05, 3.63) is 81.0 Å². The Labute approximate surface area is 226 Å². The third kappa shape index (κ3) is 6.23. The maximum atomic E-state index is 12.6. The molecule has 2 heterocycles. The molecule has 0 bridgehead atoms. The van der Waals surface area contributed by atoms with E-state index in [1.807, 2.05) is 24.5 Å². The minimum atomic E-state index is -0.427. The van der Waals surface area contributed by atoms with E-state index in [9.17, 15) is 19.7 Å². The zero-order valence-corrected chi connectivity index (χ0v) is 22.5. The lowest BCUT2D eigenvalue weighted by Crippen LogP contribution is -2.28. The molecule has 196 valence electrons. The molecule has 13 heteroatoms. The van der Waals surface area contributed by atoms with E-state index in [0.717, 1.165) is 0 Å². The molecule has 0 radical (unpaired) electrons. The van der Waals surface area contributed by atoms with E-state index in [-0.39, 0.29) is 29.3 Å². The number of aryl methyl sites for hydroxylation is 1. The molecule has 0 aliphatic rings. The topological polar surface area (TPSA) is 145 Å². The molecule has 11 nitrogen and oxygen atoms in total. The number of thiazole rings is 1. The van der Waals surface area contributed by atoms with Crippen molar-refractivity contribution in [2.45, 2.75) is 38.5 Å². The van der Waals surface area contributed by atoms with Crippen LogP contribution in [0.1, 0.15) is 41.6 Å². The largest absolute Gasteiger partial charge is 0.342 e. The van der Waals surface area contributed by atoms with Crippen LogP contribution in [0.4, 0.5) is 10.8 Å². The molecule has 0 fully saturated rings. The molecule has 4 rings (SSSR count). The number of nitro benzene ring substituents is 1. The Kier molecular flexibility index (Phi) is 8.48. The number of carbonyl (C=O) groups excluding carboxylic acids is 2. The Morgan fingerprint density at radius 2 is 1.95 bits per heavy atom. The van der Waals surface area contributed by atoms with Gasteiger partial charge in [0.1, 0.15) is 0 Å². The molecule has 1 atom stereocenters. The third-order valence-electron chi connectivity index (χ3n) is 5.62. The molecule has 2 amide bonds. The fraction of sp³-hybridized carbons (Fsp3) is 0.240. The number of aromatic nitrogens is 4. The molecular weight excluding hydrogens is 526 g/mol. The number of thioether (sulfide) groups is 1. The van der Waals surface area contributed by atoms with Gasteiger partial charge in [-0.25, -0.2) is 4.98 Å². The van der Waals surface area contributed by atoms with Crippen molar-refractivity contribution in [2.24, 2.45) is 0 Å². The van der Waals surface area contributed by atoms with Gasteiger partial charge in [0.15, 0.2) is 16.1 Å². The van der Waals surface area contributed by atoms with Gasteiger partial charge in [-0.05, 0) is 32.9 Å². The normalized spacial score (nSPS) is 11.7. The number of carbonyl (C=O) groups is 2. The van der Waals surface area contributed by atoms with Gasteiger partial charge in [-0.3, -0.25) is 19.7 Å². The maximum Gasteiger partial charge on any atom is 0.272 e. The smallest absolute Gasteiger partial charge is 0.272 e. The number of nitrogens with one attached hydrogen (secondary N) is 2. The zero-order chi connectivity index (χ0) is 27.2. The van der Waals surface area contributed by atoms with Crippen LogP contribution >= 0.6 is 23.1 Å². The van der Waals surface area contributed by atoms with E-state index in [0.29, 0.717) is 45.0 Å². The Hall–Kier alpha value is -4.10. The molecule has 0 saturated heterocycles. The second-order valence-electron chi connectivity index (χ2n) is 8.28. The van der Waals surface area contributed by atoms with Gasteiger partial charge in [0.2, 0.25) is 5.91 Å². The summed E-state index contributed by atoms with van der Waals surface area (Å²) in [5.41, 5.74) is 2.29. The highest BCUT2D eigenvalue weighted by Gasteiger charge is 2.20. The van der Waals surface area contributed by atoms with Crippen molar-refractivity contribution >= 4 is 45.7 Å². The minimum absolute atomic E-state index is 0.0193. The fourth-order valence-electron chi connectivity index (χ4n) is 3.67. The molecule has 0 saturated carbocycles. The second kappa shape index (κ2) is 12.0. The average molecular weight is 552 g/mol. The third-order valence-corrected chi connectivity index (χ3v) is 7.34. The molecule has 0 spiro atoms. The average Bonchev–Trinajstić information content (AvgIpc) is 3.55. The number of amides is 2. The van der Waals surface area contributed by atoms with Crippen LogP contribution in [-0.2, 0) is 11.3 Å². The summed E-state index contributed by atoms with van der Waals surface area (Å²) >= 11 is 2.47. The molecule has 0 unspecified atom stereocenters. The van der Waals surface area contributed by atoms with Crippen LogP contribution in [0.5, 0.6) is 0 Å². The number of nitrogens with zero attached hydrogens (tertiary/aromatic N) is 5. The number of hydrogen-bond donors (Lipinski definition) is 2. The molecular formula is C25H25N7O4S2. The van der Waals surface area contributed by atoms with Crippen LogP contribution in [0.2, 0.25) is 0 Å². The van der Waals surface area contributed by atoms with Gasteiger partial charge in [0.05, 0.1) is 22.4 Å². The molecule has 2 N–H and O–H groups in total. The predicted molar refractivity (Wildman–Crippen MR) is 146 cm³/mol. The van der Waals surface area contributed by atoms with Crippen molar-refractivity contribution in [1.82, 2.24) is 25.1 Å². The van der Waals surface area contributed by atoms with Crippen molar-refractivity contribution in [3.8, 4) is 11.3 Å². The number of hydrogen-bond acceptors (Lipinski definition) is 9. The minimum Gasteiger partial charge on any atom is -0.342 e. The van der Waals surface area contributed by atoms with E-state index in [2.05, 4.69) is 25.8 Å². The zero-order valence-electron chi connectivity index (χ0n) is 20.9. The van der Waals surface area contributed by atoms with E-state index in [1.54, 1.807) is 48.7 Å². The quantitative estimate of drug-likeness (QED) is 0.161. The van der Waals surface area contributed by atoms with Crippen molar-refractivity contribution < 1.29 is 14.5 Å². The van der Waals surface area contributed by atoms with E-state index in [4.69, 9.17) is 0 Å². The van der Waals surface area contributed by atoms with Gasteiger partial charge in [-0.15, -0.1) is 21.5 Å². The molecule has 2 aromatic carbocycles. The second-order valence-corrected chi connectivity index (χ2v) is 10.1. The number of rotatable bonds is 10. The highest BCUT2D eigenvalue weighted by molar-refractivity contribution is 7.99. The molecule has 0 aliphatic carbocycles. The summed E-state index contributed by atoms with van der Waals surface area (Å²) in [4.78, 5) is 40.3. The van der Waals surface area contributed by atoms with Gasteiger partial charge in [0.25, 0.3) is 11.6 Å². The van der Waals surface area contributed by atoms with Gasteiger partial charge < -0.3 is 15.2 Å². The summed E-state index contributed by atoms with van der Waals surface area (Å²) in [5, 5.41) is 28.1. The summed E-state index contributed by atoms with van der Waals surface area (Å²) in [6, 6.07) is 13.5. The summed E-state index contributed by atoms with van der Waals surface area (Å²) in [7, 11) is 0. The Bertz CT molecular complexity index is 1470. The molecule has 2 aromatic heterocycles. The lowest BCUT2D eigenvalue weighted by Gasteiger charge is -2.15. The van der Waals surface area contributed by atoms with Crippen molar-refractivity contribution in [2.75, 3.05) is 11.1 Å². The fourth-order valence-corrected chi connectivity index (χ4v) is 5.22. The first-order chi connectivity index (χ1) is 18.3. The lowest BCUT2D eigenvalue weighted by atomic mass is 10.1. The van der Waals surface area contributed by atoms with Gasteiger partial charge in [-0.1, -0.05) is 42.1 Å². The van der Waals surface area contributed by atoms with Crippen LogP contribution in [-0.4, -0.2) is 42.2 Å². The molecule has 0 aliphatic heterocycles. The van der Waals surface area contributed by atoms with Crippen LogP contribution in [0.3, 0.4) is 0 Å². The van der Waals surface area contributed by atoms with Crippen LogP contribution < -0.4 is 10.6 Å². The first kappa shape index (κ1) is 26.9. The summed E-state index contributed by atoms with van der Waals surface area (Å²) in [6.07, 6.45) is 0. The van der Waals surface area contributed by atoms with Gasteiger partial charge >= 0.3 is 0 Å². The number of benzene rings is 2. The van der Waals surface area contributed by atoms with E-state index in [1.165, 1.54) is 29.2 Å². The Morgan fingerprint density at radius 1 is 1.18 bits per heavy atom. The first-order valence-corrected chi connectivity index (χ1v) is 13.6.